The molecule has 1 amide bonds. The molecule has 0 spiro atoms. The van der Waals surface area contributed by atoms with E-state index < -0.39 is 18.1 Å². The number of alkyl carbamates (subject to hydrolysis) is 1. The summed E-state index contributed by atoms with van der Waals surface area (Å²) in [6, 6.07) is 9.46. The van der Waals surface area contributed by atoms with Crippen LogP contribution in [0.15, 0.2) is 30.3 Å². The van der Waals surface area contributed by atoms with Crippen LogP contribution in [0.1, 0.15) is 5.56 Å². The Kier molecular flexibility index (Phi) is 3.46. The van der Waals surface area contributed by atoms with E-state index in [0.29, 0.717) is 5.75 Å². The summed E-state index contributed by atoms with van der Waals surface area (Å²) in [7, 11) is 0. The van der Waals surface area contributed by atoms with E-state index in [0.717, 1.165) is 5.75 Å². The Hall–Kier alpha value is -1.49. The van der Waals surface area contributed by atoms with Gasteiger partial charge in [0, 0.05) is 11.5 Å². The molecule has 1 heterocycles. The SMILES string of the molecule is O=C1NC(CSCc2ccccc2)C(=O)O1. The van der Waals surface area contributed by atoms with Crippen molar-refractivity contribution >= 4 is 23.8 Å². The molecule has 1 saturated heterocycles. The molecule has 0 bridgehead atoms. The highest BCUT2D eigenvalue weighted by molar-refractivity contribution is 7.98. The lowest BCUT2D eigenvalue weighted by Crippen LogP contribution is -2.31. The maximum Gasteiger partial charge on any atom is 0.415 e. The van der Waals surface area contributed by atoms with Gasteiger partial charge >= 0.3 is 12.1 Å². The summed E-state index contributed by atoms with van der Waals surface area (Å²) in [5.41, 5.74) is 1.20. The highest BCUT2D eigenvalue weighted by Gasteiger charge is 2.31. The monoisotopic (exact) mass is 237 g/mol. The molecule has 1 unspecified atom stereocenters. The lowest BCUT2D eigenvalue weighted by atomic mass is 10.2. The molecule has 5 heteroatoms. The minimum Gasteiger partial charge on any atom is -0.375 e. The van der Waals surface area contributed by atoms with Gasteiger partial charge in [-0.15, -0.1) is 0 Å². The zero-order valence-electron chi connectivity index (χ0n) is 8.51. The quantitative estimate of drug-likeness (QED) is 0.637. The van der Waals surface area contributed by atoms with Crippen molar-refractivity contribution in [2.45, 2.75) is 11.8 Å². The molecule has 1 aliphatic rings. The minimum absolute atomic E-state index is 0.481. The molecule has 4 nitrogen and oxygen atoms in total. The van der Waals surface area contributed by atoms with Gasteiger partial charge in [0.05, 0.1) is 0 Å². The molecule has 1 atom stereocenters. The fourth-order valence-corrected chi connectivity index (χ4v) is 2.37. The molecule has 0 aromatic heterocycles. The summed E-state index contributed by atoms with van der Waals surface area (Å²) in [6.45, 7) is 0. The first-order valence-corrected chi connectivity index (χ1v) is 6.05. The summed E-state index contributed by atoms with van der Waals surface area (Å²) in [4.78, 5) is 21.8. The third kappa shape index (κ3) is 2.76. The predicted molar refractivity (Wildman–Crippen MR) is 61.0 cm³/mol. The van der Waals surface area contributed by atoms with Crippen molar-refractivity contribution in [3.05, 3.63) is 35.9 Å². The number of carbonyl (C=O) groups is 2. The van der Waals surface area contributed by atoms with Crippen molar-refractivity contribution in [2.24, 2.45) is 0 Å². The van der Waals surface area contributed by atoms with E-state index >= 15 is 0 Å². The van der Waals surface area contributed by atoms with Crippen molar-refractivity contribution in [3.8, 4) is 0 Å². The zero-order valence-corrected chi connectivity index (χ0v) is 9.33. The summed E-state index contributed by atoms with van der Waals surface area (Å²) < 4.78 is 4.37. The summed E-state index contributed by atoms with van der Waals surface area (Å²) >= 11 is 1.59. The number of ether oxygens (including phenoxy) is 1. The highest BCUT2D eigenvalue weighted by Crippen LogP contribution is 2.14. The molecule has 16 heavy (non-hydrogen) atoms. The van der Waals surface area contributed by atoms with Crippen LogP contribution in [-0.2, 0) is 15.3 Å². The lowest BCUT2D eigenvalue weighted by molar-refractivity contribution is -0.134. The van der Waals surface area contributed by atoms with E-state index in [1.54, 1.807) is 11.8 Å². The van der Waals surface area contributed by atoms with E-state index in [2.05, 4.69) is 10.1 Å². The number of hydrogen-bond donors (Lipinski definition) is 1. The first-order valence-electron chi connectivity index (χ1n) is 4.89. The third-order valence-electron chi connectivity index (χ3n) is 2.17. The van der Waals surface area contributed by atoms with Gasteiger partial charge in [0.1, 0.15) is 6.04 Å². The van der Waals surface area contributed by atoms with Gasteiger partial charge in [0.2, 0.25) is 0 Å². The molecule has 0 radical (unpaired) electrons. The number of benzene rings is 1. The van der Waals surface area contributed by atoms with E-state index in [1.165, 1.54) is 5.56 Å². The van der Waals surface area contributed by atoms with Gasteiger partial charge in [0.25, 0.3) is 0 Å². The average molecular weight is 237 g/mol. The van der Waals surface area contributed by atoms with Crippen LogP contribution < -0.4 is 5.32 Å². The smallest absolute Gasteiger partial charge is 0.375 e. The second-order valence-corrected chi connectivity index (χ2v) is 4.44. The Balaban J connectivity index is 1.76. The zero-order chi connectivity index (χ0) is 11.4. The molecular weight excluding hydrogens is 226 g/mol. The molecule has 1 aliphatic heterocycles. The van der Waals surface area contributed by atoms with Crippen LogP contribution in [0.2, 0.25) is 0 Å². The minimum atomic E-state index is -0.643. The van der Waals surface area contributed by atoms with Crippen LogP contribution in [0.3, 0.4) is 0 Å². The summed E-state index contributed by atoms with van der Waals surface area (Å²) in [6.07, 6.45) is -0.643. The molecular formula is C11H11NO3S. The molecule has 84 valence electrons. The number of thioether (sulfide) groups is 1. The second-order valence-electron chi connectivity index (χ2n) is 3.41. The van der Waals surface area contributed by atoms with Crippen LogP contribution in [0, 0.1) is 0 Å². The second kappa shape index (κ2) is 5.03. The molecule has 1 aromatic rings. The highest BCUT2D eigenvalue weighted by atomic mass is 32.2. The van der Waals surface area contributed by atoms with Gasteiger partial charge in [-0.2, -0.15) is 11.8 Å². The largest absolute Gasteiger partial charge is 0.415 e. The van der Waals surface area contributed by atoms with Crippen LogP contribution in [0.25, 0.3) is 0 Å². The Morgan fingerprint density at radius 2 is 2.00 bits per heavy atom. The van der Waals surface area contributed by atoms with Gasteiger partial charge in [-0.25, -0.2) is 9.59 Å². The van der Waals surface area contributed by atoms with Crippen molar-refractivity contribution in [2.75, 3.05) is 5.75 Å². The van der Waals surface area contributed by atoms with Crippen LogP contribution in [0.5, 0.6) is 0 Å². The first-order chi connectivity index (χ1) is 7.75. The number of hydrogen-bond acceptors (Lipinski definition) is 4. The van der Waals surface area contributed by atoms with Gasteiger partial charge in [0.15, 0.2) is 0 Å². The molecule has 1 aromatic carbocycles. The number of rotatable bonds is 4. The van der Waals surface area contributed by atoms with Gasteiger partial charge in [-0.05, 0) is 5.56 Å². The standard InChI is InChI=1S/C11H11NO3S/c13-10-9(12-11(14)15-10)7-16-6-8-4-2-1-3-5-8/h1-5,9H,6-7H2,(H,12,14). The fraction of sp³-hybridized carbons (Fsp3) is 0.273. The Morgan fingerprint density at radius 3 is 2.62 bits per heavy atom. The Morgan fingerprint density at radius 1 is 1.25 bits per heavy atom. The number of cyclic esters (lactones) is 2. The third-order valence-corrected chi connectivity index (χ3v) is 3.27. The number of esters is 1. The van der Waals surface area contributed by atoms with Gasteiger partial charge < -0.3 is 10.1 Å². The van der Waals surface area contributed by atoms with E-state index in [-0.39, 0.29) is 0 Å². The van der Waals surface area contributed by atoms with Crippen LogP contribution in [0.4, 0.5) is 4.79 Å². The first kappa shape index (κ1) is 11.0. The number of carbonyl (C=O) groups excluding carboxylic acids is 2. The lowest BCUT2D eigenvalue weighted by Gasteiger charge is -2.05. The molecule has 2 rings (SSSR count). The average Bonchev–Trinajstić information content (AvgIpc) is 2.59. The molecule has 0 aliphatic carbocycles. The van der Waals surface area contributed by atoms with Gasteiger partial charge in [-0.1, -0.05) is 30.3 Å². The van der Waals surface area contributed by atoms with Gasteiger partial charge in [-0.3, -0.25) is 0 Å². The van der Waals surface area contributed by atoms with Crippen LogP contribution in [-0.4, -0.2) is 23.9 Å². The Bertz CT molecular complexity index is 393. The van der Waals surface area contributed by atoms with Crippen molar-refractivity contribution in [3.63, 3.8) is 0 Å². The van der Waals surface area contributed by atoms with E-state index in [9.17, 15) is 9.59 Å². The van der Waals surface area contributed by atoms with Crippen molar-refractivity contribution in [1.82, 2.24) is 5.32 Å². The summed E-state index contributed by atoms with van der Waals surface area (Å²) in [5.74, 6) is 0.880. The fourth-order valence-electron chi connectivity index (χ4n) is 1.37. The number of nitrogens with one attached hydrogen (secondary N) is 1. The van der Waals surface area contributed by atoms with E-state index in [1.807, 2.05) is 30.3 Å². The number of amides is 1. The Labute approximate surface area is 97.4 Å². The molecule has 1 fully saturated rings. The molecule has 0 saturated carbocycles. The maximum absolute atomic E-state index is 11.1. The normalized spacial score (nSPS) is 19.4. The molecule has 1 N–H and O–H groups in total. The van der Waals surface area contributed by atoms with Crippen molar-refractivity contribution in [1.29, 1.82) is 0 Å². The van der Waals surface area contributed by atoms with E-state index in [4.69, 9.17) is 0 Å². The predicted octanol–water partition coefficient (Wildman–Crippen LogP) is 1.55. The van der Waals surface area contributed by atoms with Crippen LogP contribution >= 0.6 is 11.8 Å². The van der Waals surface area contributed by atoms with Crippen molar-refractivity contribution < 1.29 is 14.3 Å². The summed E-state index contributed by atoms with van der Waals surface area (Å²) in [5, 5.41) is 2.46. The maximum atomic E-state index is 11.1. The topological polar surface area (TPSA) is 55.4 Å².